The van der Waals surface area contributed by atoms with Crippen LogP contribution in [0.15, 0.2) is 24.3 Å². The number of nitrogens with zero attached hydrogens (tertiary/aromatic N) is 1. The van der Waals surface area contributed by atoms with Crippen molar-refractivity contribution in [2.24, 2.45) is 0 Å². The van der Waals surface area contributed by atoms with Crippen LogP contribution in [0.4, 0.5) is 0 Å². The largest absolute Gasteiger partial charge is 0.278 e. The van der Waals surface area contributed by atoms with Gasteiger partial charge in [0, 0.05) is 10.8 Å². The van der Waals surface area contributed by atoms with E-state index in [1.807, 2.05) is 47.6 Å². The van der Waals surface area contributed by atoms with Crippen LogP contribution in [0, 0.1) is 6.92 Å². The molecule has 0 saturated carbocycles. The minimum absolute atomic E-state index is 1.02. The van der Waals surface area contributed by atoms with Crippen LogP contribution in [-0.2, 0) is 0 Å². The molecule has 1 N–H and O–H groups in total. The highest BCUT2D eigenvalue weighted by Crippen LogP contribution is 2.12. The van der Waals surface area contributed by atoms with Crippen LogP contribution in [0.5, 0.6) is 0 Å². The molecule has 0 saturated heterocycles. The number of nitrogens with one attached hydrogen (secondary N) is 1. The van der Waals surface area contributed by atoms with E-state index in [-0.39, 0.29) is 0 Å². The zero-order valence-electron chi connectivity index (χ0n) is 13.9. The van der Waals surface area contributed by atoms with Gasteiger partial charge in [0.15, 0.2) is 0 Å². The minimum atomic E-state index is 1.02. The third kappa shape index (κ3) is 4.37. The number of hydrogen-bond donors (Lipinski definition) is 1. The van der Waals surface area contributed by atoms with Crippen LogP contribution in [0.2, 0.25) is 0 Å². The van der Waals surface area contributed by atoms with Crippen LogP contribution in [-0.4, -0.2) is 10.2 Å². The molecule has 2 heteroatoms. The fraction of sp³-hybridized carbons (Fsp3) is 0.389. The van der Waals surface area contributed by atoms with Gasteiger partial charge in [0.2, 0.25) is 0 Å². The van der Waals surface area contributed by atoms with Crippen LogP contribution in [0.1, 0.15) is 47.1 Å². The van der Waals surface area contributed by atoms with Gasteiger partial charge in [0.05, 0.1) is 11.0 Å². The van der Waals surface area contributed by atoms with Gasteiger partial charge in [-0.15, -0.1) is 0 Å². The Morgan fingerprint density at radius 1 is 0.900 bits per heavy atom. The van der Waals surface area contributed by atoms with Gasteiger partial charge in [-0.1, -0.05) is 69.7 Å². The van der Waals surface area contributed by atoms with E-state index in [2.05, 4.69) is 47.5 Å². The number of rotatable bonds is 1. The smallest absolute Gasteiger partial charge is 0.0995 e. The zero-order chi connectivity index (χ0) is 15.5. The molecule has 2 rings (SSSR count). The molecule has 0 radical (unpaired) electrons. The number of hydrogen-bond acceptors (Lipinski definition) is 1. The standard InChI is InChI=1S/C14H16N2.2C2H6/c1-4-12-13(5-2)15-16-14(12)11-8-6-10(3)7-9-11;2*1-2/h4-9,15H,1-3H3;2*1-2H3/b12-4+,13-5+;;. The van der Waals surface area contributed by atoms with Crippen molar-refractivity contribution in [3.05, 3.63) is 40.4 Å². The average molecular weight is 272 g/mol. The van der Waals surface area contributed by atoms with Crippen molar-refractivity contribution in [1.29, 1.82) is 0 Å². The Balaban J connectivity index is 0.000000829. The summed E-state index contributed by atoms with van der Waals surface area (Å²) in [5, 5.41) is 9.68. The third-order valence-electron chi connectivity index (χ3n) is 2.74. The first-order valence-corrected chi connectivity index (χ1v) is 7.50. The monoisotopic (exact) mass is 272 g/mol. The van der Waals surface area contributed by atoms with Crippen molar-refractivity contribution < 1.29 is 0 Å². The molecule has 0 spiro atoms. The van der Waals surface area contributed by atoms with Crippen molar-refractivity contribution in [3.63, 3.8) is 0 Å². The first-order chi connectivity index (χ1) is 9.76. The molecular formula is C18H28N2. The van der Waals surface area contributed by atoms with E-state index < -0.39 is 0 Å². The lowest BCUT2D eigenvalue weighted by Gasteiger charge is -1.97. The molecule has 0 unspecified atom stereocenters. The molecule has 0 aliphatic rings. The Bertz CT molecular complexity index is 589. The van der Waals surface area contributed by atoms with Crippen LogP contribution >= 0.6 is 0 Å². The first kappa shape index (κ1) is 18.2. The number of H-pyrrole nitrogens is 1. The number of benzene rings is 1. The Hall–Kier alpha value is -1.83. The molecule has 0 aliphatic heterocycles. The lowest BCUT2D eigenvalue weighted by molar-refractivity contribution is 1.06. The number of aryl methyl sites for hydroxylation is 1. The summed E-state index contributed by atoms with van der Waals surface area (Å²) in [6, 6.07) is 8.44. The molecule has 0 bridgehead atoms. The SMILES string of the molecule is C/C=c1/c(-c2ccc(C)cc2)n[nH]/c1=C/C.CC.CC. The second kappa shape index (κ2) is 10.0. The molecule has 0 amide bonds. The molecule has 1 heterocycles. The molecular weight excluding hydrogens is 244 g/mol. The quantitative estimate of drug-likeness (QED) is 0.834. The van der Waals surface area contributed by atoms with Crippen molar-refractivity contribution in [3.8, 4) is 11.3 Å². The van der Waals surface area contributed by atoms with Crippen molar-refractivity contribution >= 4 is 12.2 Å². The molecule has 20 heavy (non-hydrogen) atoms. The number of aromatic nitrogens is 2. The van der Waals surface area contributed by atoms with Gasteiger partial charge < -0.3 is 0 Å². The lowest BCUT2D eigenvalue weighted by atomic mass is 10.1. The summed E-state index contributed by atoms with van der Waals surface area (Å²) < 4.78 is 0. The van der Waals surface area contributed by atoms with Crippen molar-refractivity contribution in [1.82, 2.24) is 10.2 Å². The van der Waals surface area contributed by atoms with E-state index in [0.29, 0.717) is 0 Å². The van der Waals surface area contributed by atoms with Gasteiger partial charge >= 0.3 is 0 Å². The summed E-state index contributed by atoms with van der Waals surface area (Å²) >= 11 is 0. The predicted octanol–water partition coefficient (Wildman–Crippen LogP) is 4.04. The van der Waals surface area contributed by atoms with Gasteiger partial charge in [-0.05, 0) is 20.8 Å². The molecule has 0 aliphatic carbocycles. The van der Waals surface area contributed by atoms with Crippen LogP contribution in [0.25, 0.3) is 23.4 Å². The van der Waals surface area contributed by atoms with Gasteiger partial charge in [-0.2, -0.15) is 5.10 Å². The van der Waals surface area contributed by atoms with E-state index in [1.165, 1.54) is 10.8 Å². The highest BCUT2D eigenvalue weighted by molar-refractivity contribution is 5.61. The van der Waals surface area contributed by atoms with Crippen LogP contribution in [0.3, 0.4) is 0 Å². The van der Waals surface area contributed by atoms with Crippen LogP contribution < -0.4 is 10.6 Å². The molecule has 110 valence electrons. The molecule has 2 nitrogen and oxygen atoms in total. The zero-order valence-corrected chi connectivity index (χ0v) is 13.9. The summed E-state index contributed by atoms with van der Waals surface area (Å²) in [6.07, 6.45) is 4.13. The Morgan fingerprint density at radius 2 is 1.45 bits per heavy atom. The number of aromatic amines is 1. The maximum atomic E-state index is 4.37. The average Bonchev–Trinajstić information content (AvgIpc) is 2.95. The van der Waals surface area contributed by atoms with Crippen molar-refractivity contribution in [2.45, 2.75) is 48.5 Å². The predicted molar refractivity (Wildman–Crippen MR) is 91.0 cm³/mol. The maximum absolute atomic E-state index is 4.37. The Morgan fingerprint density at radius 3 is 1.90 bits per heavy atom. The molecule has 0 fully saturated rings. The molecule has 1 aromatic heterocycles. The summed E-state index contributed by atoms with van der Waals surface area (Å²) in [4.78, 5) is 0. The second-order valence-corrected chi connectivity index (χ2v) is 3.84. The topological polar surface area (TPSA) is 28.7 Å². The van der Waals surface area contributed by atoms with E-state index >= 15 is 0 Å². The maximum Gasteiger partial charge on any atom is 0.0995 e. The summed E-state index contributed by atoms with van der Waals surface area (Å²) in [5.41, 5.74) is 3.45. The normalized spacial score (nSPS) is 11.3. The fourth-order valence-electron chi connectivity index (χ4n) is 1.81. The minimum Gasteiger partial charge on any atom is -0.278 e. The second-order valence-electron chi connectivity index (χ2n) is 3.84. The lowest BCUT2D eigenvalue weighted by Crippen LogP contribution is -2.22. The third-order valence-corrected chi connectivity index (χ3v) is 2.74. The molecule has 0 atom stereocenters. The fourth-order valence-corrected chi connectivity index (χ4v) is 1.81. The van der Waals surface area contributed by atoms with E-state index in [0.717, 1.165) is 16.6 Å². The molecule has 1 aromatic carbocycles. The highest BCUT2D eigenvalue weighted by Gasteiger charge is 2.03. The van der Waals surface area contributed by atoms with Gasteiger partial charge in [-0.3, -0.25) is 5.10 Å². The van der Waals surface area contributed by atoms with E-state index in [9.17, 15) is 0 Å². The molecule has 2 aromatic rings. The summed E-state index contributed by atoms with van der Waals surface area (Å²) in [6.45, 7) is 14.1. The van der Waals surface area contributed by atoms with E-state index in [1.54, 1.807) is 0 Å². The Kier molecular flexibility index (Phi) is 9.10. The highest BCUT2D eigenvalue weighted by atomic mass is 15.1. The summed E-state index contributed by atoms with van der Waals surface area (Å²) in [5.74, 6) is 0. The Labute approximate surface area is 123 Å². The van der Waals surface area contributed by atoms with E-state index in [4.69, 9.17) is 0 Å². The van der Waals surface area contributed by atoms with Gasteiger partial charge in [0.1, 0.15) is 0 Å². The van der Waals surface area contributed by atoms with Gasteiger partial charge in [0.25, 0.3) is 0 Å². The van der Waals surface area contributed by atoms with Crippen molar-refractivity contribution in [2.75, 3.05) is 0 Å². The first-order valence-electron chi connectivity index (χ1n) is 7.50. The van der Waals surface area contributed by atoms with Gasteiger partial charge in [-0.25, -0.2) is 0 Å². The summed E-state index contributed by atoms with van der Waals surface area (Å²) in [7, 11) is 0.